The summed E-state index contributed by atoms with van der Waals surface area (Å²) >= 11 is 1.60. The number of thiophene rings is 1. The number of nitrogens with zero attached hydrogens (tertiary/aromatic N) is 5. The summed E-state index contributed by atoms with van der Waals surface area (Å²) < 4.78 is 9.35. The standard InChI is InChI=1S/C26H21N5O2S/c1-18-23(21(15-27)26(33-18)30-12-6-7-13-30)25(32)29(2)16-19-17-31(20-9-4-3-5-10-20)28-24(19)22-11-8-14-34-22/h3-14,17H,16H2,1-2H3. The van der Waals surface area contributed by atoms with E-state index in [0.717, 1.165) is 21.8 Å². The van der Waals surface area contributed by atoms with Crippen LogP contribution in [0.4, 0.5) is 0 Å². The van der Waals surface area contributed by atoms with Crippen molar-refractivity contribution in [3.8, 4) is 28.2 Å². The SMILES string of the molecule is Cc1oc(-n2cccc2)c(C#N)c1C(=O)N(C)Cc1cn(-c2ccccc2)nc1-c1cccs1. The molecule has 4 aromatic heterocycles. The minimum Gasteiger partial charge on any atom is -0.443 e. The van der Waals surface area contributed by atoms with Crippen LogP contribution in [-0.2, 0) is 6.54 Å². The summed E-state index contributed by atoms with van der Waals surface area (Å²) in [6.07, 6.45) is 5.51. The van der Waals surface area contributed by atoms with E-state index >= 15 is 0 Å². The maximum atomic E-state index is 13.5. The number of carbonyl (C=O) groups is 1. The molecule has 0 spiro atoms. The lowest BCUT2D eigenvalue weighted by Gasteiger charge is -2.17. The van der Waals surface area contributed by atoms with Gasteiger partial charge in [0.05, 0.1) is 10.6 Å². The smallest absolute Gasteiger partial charge is 0.258 e. The summed E-state index contributed by atoms with van der Waals surface area (Å²) in [6, 6.07) is 19.7. The third kappa shape index (κ3) is 3.83. The van der Waals surface area contributed by atoms with Gasteiger partial charge in [-0.15, -0.1) is 11.3 Å². The lowest BCUT2D eigenvalue weighted by Crippen LogP contribution is -2.27. The van der Waals surface area contributed by atoms with Crippen molar-refractivity contribution in [3.05, 3.63) is 101 Å². The molecule has 34 heavy (non-hydrogen) atoms. The van der Waals surface area contributed by atoms with Crippen LogP contribution in [0.15, 0.2) is 83.0 Å². The van der Waals surface area contributed by atoms with Crippen LogP contribution in [0, 0.1) is 18.3 Å². The highest BCUT2D eigenvalue weighted by molar-refractivity contribution is 7.13. The summed E-state index contributed by atoms with van der Waals surface area (Å²) in [7, 11) is 1.73. The lowest BCUT2D eigenvalue weighted by atomic mass is 10.1. The lowest BCUT2D eigenvalue weighted by molar-refractivity contribution is 0.0783. The van der Waals surface area contributed by atoms with Gasteiger partial charge in [-0.3, -0.25) is 9.36 Å². The van der Waals surface area contributed by atoms with Gasteiger partial charge in [0.1, 0.15) is 28.7 Å². The Hall–Kier alpha value is -4.35. The maximum absolute atomic E-state index is 13.5. The van der Waals surface area contributed by atoms with Crippen molar-refractivity contribution in [1.29, 1.82) is 5.26 Å². The predicted octanol–water partition coefficient (Wildman–Crippen LogP) is 5.44. The molecule has 0 saturated heterocycles. The van der Waals surface area contributed by atoms with E-state index < -0.39 is 0 Å². The number of hydrogen-bond acceptors (Lipinski definition) is 5. The summed E-state index contributed by atoms with van der Waals surface area (Å²) in [4.78, 5) is 16.1. The van der Waals surface area contributed by atoms with Crippen LogP contribution < -0.4 is 0 Å². The first-order chi connectivity index (χ1) is 16.6. The molecule has 1 aromatic carbocycles. The third-order valence-electron chi connectivity index (χ3n) is 5.55. The van der Waals surface area contributed by atoms with Crippen molar-refractivity contribution in [1.82, 2.24) is 19.2 Å². The molecule has 0 unspecified atom stereocenters. The molecule has 1 amide bonds. The quantitative estimate of drug-likeness (QED) is 0.333. The van der Waals surface area contributed by atoms with Gasteiger partial charge in [-0.2, -0.15) is 10.4 Å². The highest BCUT2D eigenvalue weighted by Crippen LogP contribution is 2.30. The number of nitriles is 1. The molecule has 0 aliphatic heterocycles. The molecule has 0 fully saturated rings. The molecule has 8 heteroatoms. The highest BCUT2D eigenvalue weighted by atomic mass is 32.1. The first-order valence-electron chi connectivity index (χ1n) is 10.7. The first kappa shape index (κ1) is 21.5. The van der Waals surface area contributed by atoms with Gasteiger partial charge >= 0.3 is 0 Å². The molecule has 5 aromatic rings. The summed E-state index contributed by atoms with van der Waals surface area (Å²) in [6.45, 7) is 2.03. The number of para-hydroxylation sites is 1. The van der Waals surface area contributed by atoms with Crippen LogP contribution in [0.5, 0.6) is 0 Å². The number of hydrogen-bond donors (Lipinski definition) is 0. The van der Waals surface area contributed by atoms with E-state index in [2.05, 4.69) is 6.07 Å². The molecule has 7 nitrogen and oxygen atoms in total. The van der Waals surface area contributed by atoms with Crippen LogP contribution in [0.1, 0.15) is 27.2 Å². The fraction of sp³-hybridized carbons (Fsp3) is 0.115. The minimum atomic E-state index is -0.277. The van der Waals surface area contributed by atoms with Gasteiger partial charge in [0.2, 0.25) is 5.88 Å². The van der Waals surface area contributed by atoms with Crippen LogP contribution in [0.2, 0.25) is 0 Å². The van der Waals surface area contributed by atoms with E-state index in [4.69, 9.17) is 9.52 Å². The second-order valence-electron chi connectivity index (χ2n) is 7.84. The Labute approximate surface area is 200 Å². The molecule has 0 aliphatic carbocycles. The maximum Gasteiger partial charge on any atom is 0.258 e. The third-order valence-corrected chi connectivity index (χ3v) is 6.43. The predicted molar refractivity (Wildman–Crippen MR) is 130 cm³/mol. The molecular formula is C26H21N5O2S. The molecule has 4 heterocycles. The minimum absolute atomic E-state index is 0.226. The van der Waals surface area contributed by atoms with Crippen LogP contribution in [0.25, 0.3) is 22.1 Å². The number of aromatic nitrogens is 3. The van der Waals surface area contributed by atoms with Gasteiger partial charge in [0.15, 0.2) is 0 Å². The van der Waals surface area contributed by atoms with Gasteiger partial charge in [0, 0.05) is 37.7 Å². The number of carbonyl (C=O) groups excluding carboxylic acids is 1. The Morgan fingerprint density at radius 2 is 1.91 bits per heavy atom. The van der Waals surface area contributed by atoms with E-state index in [1.165, 1.54) is 0 Å². The first-order valence-corrected chi connectivity index (χ1v) is 11.5. The van der Waals surface area contributed by atoms with Gasteiger partial charge in [-0.1, -0.05) is 24.3 Å². The van der Waals surface area contributed by atoms with Gasteiger partial charge in [0.25, 0.3) is 5.91 Å². The average molecular weight is 468 g/mol. The van der Waals surface area contributed by atoms with E-state index in [9.17, 15) is 10.1 Å². The van der Waals surface area contributed by atoms with E-state index in [-0.39, 0.29) is 17.0 Å². The van der Waals surface area contributed by atoms with Crippen molar-refractivity contribution < 1.29 is 9.21 Å². The molecule has 0 N–H and O–H groups in total. The molecule has 0 radical (unpaired) electrons. The van der Waals surface area contributed by atoms with E-state index in [1.807, 2.05) is 70.9 Å². The van der Waals surface area contributed by atoms with Gasteiger partial charge in [-0.05, 0) is 42.6 Å². The molecular weight excluding hydrogens is 446 g/mol. The van der Waals surface area contributed by atoms with Crippen molar-refractivity contribution in [2.75, 3.05) is 7.05 Å². The molecule has 0 bridgehead atoms. The molecule has 0 atom stereocenters. The fourth-order valence-corrected chi connectivity index (χ4v) is 4.66. The fourth-order valence-electron chi connectivity index (χ4n) is 3.92. The van der Waals surface area contributed by atoms with Crippen molar-refractivity contribution >= 4 is 17.2 Å². The van der Waals surface area contributed by atoms with Gasteiger partial charge < -0.3 is 9.32 Å². The monoisotopic (exact) mass is 467 g/mol. The average Bonchev–Trinajstić information content (AvgIpc) is 3.65. The van der Waals surface area contributed by atoms with Crippen LogP contribution in [0.3, 0.4) is 0 Å². The Morgan fingerprint density at radius 3 is 2.59 bits per heavy atom. The van der Waals surface area contributed by atoms with E-state index in [0.29, 0.717) is 18.2 Å². The van der Waals surface area contributed by atoms with E-state index in [1.54, 1.807) is 47.2 Å². The Kier molecular flexibility index (Phi) is 5.62. The second-order valence-corrected chi connectivity index (χ2v) is 8.78. The van der Waals surface area contributed by atoms with Crippen molar-refractivity contribution in [3.63, 3.8) is 0 Å². The normalized spacial score (nSPS) is 10.9. The van der Waals surface area contributed by atoms with Gasteiger partial charge in [-0.25, -0.2) is 4.68 Å². The van der Waals surface area contributed by atoms with Crippen molar-refractivity contribution in [2.24, 2.45) is 0 Å². The van der Waals surface area contributed by atoms with Crippen LogP contribution in [-0.4, -0.2) is 32.2 Å². The zero-order valence-corrected chi connectivity index (χ0v) is 19.5. The Morgan fingerprint density at radius 1 is 1.15 bits per heavy atom. The highest BCUT2D eigenvalue weighted by Gasteiger charge is 2.27. The number of furan rings is 1. The molecule has 0 saturated carbocycles. The van der Waals surface area contributed by atoms with Crippen LogP contribution >= 0.6 is 11.3 Å². The summed E-state index contributed by atoms with van der Waals surface area (Å²) in [5.74, 6) is 0.481. The Bertz CT molecular complexity index is 1470. The number of aryl methyl sites for hydroxylation is 1. The molecule has 168 valence electrons. The zero-order valence-electron chi connectivity index (χ0n) is 18.7. The Balaban J connectivity index is 1.49. The number of benzene rings is 1. The molecule has 0 aliphatic rings. The summed E-state index contributed by atoms with van der Waals surface area (Å²) in [5, 5.41) is 16.6. The largest absolute Gasteiger partial charge is 0.443 e. The second kappa shape index (κ2) is 8.89. The molecule has 5 rings (SSSR count). The number of rotatable bonds is 6. The summed E-state index contributed by atoms with van der Waals surface area (Å²) in [5.41, 5.74) is 3.18. The van der Waals surface area contributed by atoms with Crippen molar-refractivity contribution in [2.45, 2.75) is 13.5 Å². The zero-order chi connectivity index (χ0) is 23.7. The topological polar surface area (TPSA) is 80.0 Å². The number of amides is 1.